The number of aromatic nitrogens is 3. The lowest BCUT2D eigenvalue weighted by Crippen LogP contribution is -2.43. The van der Waals surface area contributed by atoms with Crippen LogP contribution in [0.3, 0.4) is 0 Å². The summed E-state index contributed by atoms with van der Waals surface area (Å²) in [6.45, 7) is 0.463. The molecule has 2 aromatic carbocycles. The third-order valence-electron chi connectivity index (χ3n) is 5.82. The van der Waals surface area contributed by atoms with E-state index in [0.29, 0.717) is 29.9 Å². The maximum absolute atomic E-state index is 14.1. The molecule has 1 aliphatic rings. The molecule has 0 aliphatic carbocycles. The van der Waals surface area contributed by atoms with Crippen molar-refractivity contribution < 1.29 is 14.0 Å². The number of hydrogen-bond donors (Lipinski definition) is 2. The highest BCUT2D eigenvalue weighted by molar-refractivity contribution is 6.02. The lowest BCUT2D eigenvalue weighted by molar-refractivity contribution is -0.119. The Labute approximate surface area is 189 Å². The van der Waals surface area contributed by atoms with Crippen LogP contribution in [0.15, 0.2) is 79.1 Å². The quantitative estimate of drug-likeness (QED) is 0.484. The van der Waals surface area contributed by atoms with Gasteiger partial charge in [0.1, 0.15) is 17.6 Å². The predicted octanol–water partition coefficient (Wildman–Crippen LogP) is 4.25. The van der Waals surface area contributed by atoms with Gasteiger partial charge >= 0.3 is 0 Å². The number of halogens is 1. The van der Waals surface area contributed by atoms with Crippen LogP contribution in [0.2, 0.25) is 0 Å². The van der Waals surface area contributed by atoms with Crippen molar-refractivity contribution >= 4 is 17.5 Å². The van der Waals surface area contributed by atoms with Gasteiger partial charge in [-0.25, -0.2) is 4.39 Å². The standard InChI is InChI=1S/C25H22FN5O2/c26-18-9-2-1-8-17(18)20-16-21(29-28-20)25(33)31-15-7-12-23(31)24(32)27-19-10-3-4-11-22(19)30-13-5-6-14-30/h1-6,8-11,13-14,16,23H,7,12,15H2,(H,27,32)(H,28,29)/t23-/m0/s1. The third-order valence-corrected chi connectivity index (χ3v) is 5.82. The van der Waals surface area contributed by atoms with Crippen molar-refractivity contribution in [2.45, 2.75) is 18.9 Å². The van der Waals surface area contributed by atoms with E-state index < -0.39 is 11.9 Å². The average molecular weight is 443 g/mol. The van der Waals surface area contributed by atoms with Gasteiger partial charge in [0.15, 0.2) is 0 Å². The van der Waals surface area contributed by atoms with Gasteiger partial charge in [0.25, 0.3) is 5.91 Å². The smallest absolute Gasteiger partial charge is 0.272 e. The first kappa shape index (κ1) is 20.7. The molecule has 8 heteroatoms. The number of para-hydroxylation sites is 2. The molecule has 5 rings (SSSR count). The molecule has 2 aromatic heterocycles. The molecule has 4 aromatic rings. The number of carbonyl (C=O) groups is 2. The molecule has 2 N–H and O–H groups in total. The Morgan fingerprint density at radius 3 is 2.61 bits per heavy atom. The molecule has 7 nitrogen and oxygen atoms in total. The summed E-state index contributed by atoms with van der Waals surface area (Å²) in [6.07, 6.45) is 5.10. The number of rotatable bonds is 5. The Kier molecular flexibility index (Phi) is 5.48. The van der Waals surface area contributed by atoms with Crippen molar-refractivity contribution in [3.8, 4) is 16.9 Å². The molecule has 1 aliphatic heterocycles. The first-order valence-corrected chi connectivity index (χ1v) is 10.8. The molecule has 0 saturated carbocycles. The van der Waals surface area contributed by atoms with Crippen molar-refractivity contribution in [3.05, 3.63) is 90.6 Å². The Morgan fingerprint density at radius 2 is 1.79 bits per heavy atom. The Morgan fingerprint density at radius 1 is 1.03 bits per heavy atom. The largest absolute Gasteiger partial charge is 0.325 e. The number of aromatic amines is 1. The fourth-order valence-corrected chi connectivity index (χ4v) is 4.19. The summed E-state index contributed by atoms with van der Waals surface area (Å²) in [7, 11) is 0. The molecule has 0 radical (unpaired) electrons. The fraction of sp³-hybridized carbons (Fsp3) is 0.160. The van der Waals surface area contributed by atoms with Gasteiger partial charge in [-0.2, -0.15) is 5.10 Å². The maximum Gasteiger partial charge on any atom is 0.272 e. The van der Waals surface area contributed by atoms with Crippen molar-refractivity contribution in [1.82, 2.24) is 19.7 Å². The Bertz CT molecular complexity index is 1300. The van der Waals surface area contributed by atoms with E-state index in [-0.39, 0.29) is 17.5 Å². The van der Waals surface area contributed by atoms with Gasteiger partial charge in [0.05, 0.1) is 17.1 Å². The minimum Gasteiger partial charge on any atom is -0.325 e. The highest BCUT2D eigenvalue weighted by Crippen LogP contribution is 2.26. The van der Waals surface area contributed by atoms with Gasteiger partial charge in [-0.3, -0.25) is 14.7 Å². The van der Waals surface area contributed by atoms with E-state index in [9.17, 15) is 14.0 Å². The van der Waals surface area contributed by atoms with Crippen LogP contribution < -0.4 is 5.32 Å². The van der Waals surface area contributed by atoms with Crippen LogP contribution in [0, 0.1) is 5.82 Å². The zero-order valence-electron chi connectivity index (χ0n) is 17.7. The number of nitrogens with one attached hydrogen (secondary N) is 2. The second-order valence-corrected chi connectivity index (χ2v) is 7.90. The highest BCUT2D eigenvalue weighted by atomic mass is 19.1. The minimum absolute atomic E-state index is 0.223. The number of likely N-dealkylation sites (tertiary alicyclic amines) is 1. The molecular weight excluding hydrogens is 421 g/mol. The summed E-state index contributed by atoms with van der Waals surface area (Å²) < 4.78 is 16.0. The lowest BCUT2D eigenvalue weighted by Gasteiger charge is -2.24. The first-order chi connectivity index (χ1) is 16.1. The summed E-state index contributed by atoms with van der Waals surface area (Å²) in [5.41, 5.74) is 2.39. The van der Waals surface area contributed by atoms with Crippen molar-refractivity contribution in [2.24, 2.45) is 0 Å². The van der Waals surface area contributed by atoms with Crippen LogP contribution in [-0.2, 0) is 4.79 Å². The molecule has 1 saturated heterocycles. The fourth-order valence-electron chi connectivity index (χ4n) is 4.19. The molecular formula is C25H22FN5O2. The summed E-state index contributed by atoms with van der Waals surface area (Å²) in [4.78, 5) is 27.9. The van der Waals surface area contributed by atoms with Crippen molar-refractivity contribution in [1.29, 1.82) is 0 Å². The Balaban J connectivity index is 1.34. The molecule has 1 atom stereocenters. The molecule has 0 spiro atoms. The van der Waals surface area contributed by atoms with Gasteiger partial charge < -0.3 is 14.8 Å². The van der Waals surface area contributed by atoms with Crippen LogP contribution in [-0.4, -0.2) is 44.1 Å². The minimum atomic E-state index is -0.601. The van der Waals surface area contributed by atoms with E-state index in [2.05, 4.69) is 15.5 Å². The van der Waals surface area contributed by atoms with Crippen LogP contribution >= 0.6 is 0 Å². The van der Waals surface area contributed by atoms with Crippen molar-refractivity contribution in [3.63, 3.8) is 0 Å². The number of benzene rings is 2. The average Bonchev–Trinajstić information content (AvgIpc) is 3.61. The van der Waals surface area contributed by atoms with Crippen LogP contribution in [0.1, 0.15) is 23.3 Å². The molecule has 0 bridgehead atoms. The highest BCUT2D eigenvalue weighted by Gasteiger charge is 2.35. The van der Waals surface area contributed by atoms with Gasteiger partial charge in [-0.05, 0) is 55.3 Å². The van der Waals surface area contributed by atoms with E-state index in [1.807, 2.05) is 53.4 Å². The molecule has 1 fully saturated rings. The van der Waals surface area contributed by atoms with E-state index in [1.165, 1.54) is 12.1 Å². The zero-order chi connectivity index (χ0) is 22.8. The number of carbonyl (C=O) groups excluding carboxylic acids is 2. The topological polar surface area (TPSA) is 83.0 Å². The normalized spacial score (nSPS) is 15.5. The molecule has 33 heavy (non-hydrogen) atoms. The van der Waals surface area contributed by atoms with Gasteiger partial charge in [0.2, 0.25) is 5.91 Å². The second kappa shape index (κ2) is 8.74. The monoisotopic (exact) mass is 443 g/mol. The molecule has 3 heterocycles. The van der Waals surface area contributed by atoms with Crippen LogP contribution in [0.25, 0.3) is 16.9 Å². The van der Waals surface area contributed by atoms with E-state index in [4.69, 9.17) is 0 Å². The van der Waals surface area contributed by atoms with Gasteiger partial charge in [0, 0.05) is 24.5 Å². The van der Waals surface area contributed by atoms with Crippen molar-refractivity contribution in [2.75, 3.05) is 11.9 Å². The van der Waals surface area contributed by atoms with Crippen LogP contribution in [0.5, 0.6) is 0 Å². The number of nitrogens with zero attached hydrogens (tertiary/aromatic N) is 3. The number of anilines is 1. The Hall–Kier alpha value is -4.20. The SMILES string of the molecule is O=C(Nc1ccccc1-n1cccc1)[C@@H]1CCCN1C(=O)c1cc(-c2ccccc2F)n[nH]1. The van der Waals surface area contributed by atoms with Gasteiger partial charge in [-0.1, -0.05) is 24.3 Å². The molecule has 0 unspecified atom stereocenters. The predicted molar refractivity (Wildman–Crippen MR) is 122 cm³/mol. The summed E-state index contributed by atoms with van der Waals surface area (Å²) in [5.74, 6) is -0.987. The van der Waals surface area contributed by atoms with E-state index >= 15 is 0 Å². The zero-order valence-corrected chi connectivity index (χ0v) is 17.7. The summed E-state index contributed by atoms with van der Waals surface area (Å²) in [5, 5.41) is 9.79. The summed E-state index contributed by atoms with van der Waals surface area (Å²) in [6, 6.07) is 18.5. The van der Waals surface area contributed by atoms with E-state index in [0.717, 1.165) is 12.1 Å². The number of amides is 2. The number of H-pyrrole nitrogens is 1. The summed E-state index contributed by atoms with van der Waals surface area (Å²) >= 11 is 0. The maximum atomic E-state index is 14.1. The van der Waals surface area contributed by atoms with Crippen LogP contribution in [0.4, 0.5) is 10.1 Å². The second-order valence-electron chi connectivity index (χ2n) is 7.90. The molecule has 166 valence electrons. The molecule has 2 amide bonds. The van der Waals surface area contributed by atoms with E-state index in [1.54, 1.807) is 23.1 Å². The first-order valence-electron chi connectivity index (χ1n) is 10.8. The van der Waals surface area contributed by atoms with Gasteiger partial charge in [-0.15, -0.1) is 0 Å². The third kappa shape index (κ3) is 4.03. The number of hydrogen-bond acceptors (Lipinski definition) is 3. The lowest BCUT2D eigenvalue weighted by atomic mass is 10.1.